The van der Waals surface area contributed by atoms with Crippen molar-refractivity contribution in [3.8, 4) is 17.2 Å². The quantitative estimate of drug-likeness (QED) is 0.390. The van der Waals surface area contributed by atoms with E-state index >= 15 is 0 Å². The van der Waals surface area contributed by atoms with Crippen molar-refractivity contribution in [1.29, 1.82) is 0 Å². The average molecular weight is 418 g/mol. The summed E-state index contributed by atoms with van der Waals surface area (Å²) in [6.07, 6.45) is 1.07. The number of amides is 1. The number of oxazole rings is 1. The summed E-state index contributed by atoms with van der Waals surface area (Å²) >= 11 is 0. The van der Waals surface area contributed by atoms with Crippen LogP contribution in [-0.4, -0.2) is 17.5 Å². The summed E-state index contributed by atoms with van der Waals surface area (Å²) in [4.78, 5) is 16.7. The van der Waals surface area contributed by atoms with Gasteiger partial charge in [-0.05, 0) is 72.5 Å². The van der Waals surface area contributed by atoms with Gasteiger partial charge in [-0.2, -0.15) is 0 Å². The van der Waals surface area contributed by atoms with E-state index in [0.717, 1.165) is 6.42 Å². The first-order valence-electron chi connectivity index (χ1n) is 10.2. The maximum Gasteiger partial charge on any atom is 0.262 e. The summed E-state index contributed by atoms with van der Waals surface area (Å²) in [6.45, 7) is 4.23. The van der Waals surface area contributed by atoms with Crippen molar-refractivity contribution >= 4 is 22.7 Å². The highest BCUT2D eigenvalue weighted by Crippen LogP contribution is 2.26. The fraction of sp³-hybridized carbons (Fsp3) is 0.200. The number of hydrogen-bond donors (Lipinski definition) is 1. The molecule has 0 aliphatic heterocycles. The van der Waals surface area contributed by atoms with E-state index in [2.05, 4.69) is 24.1 Å². The fourth-order valence-corrected chi connectivity index (χ4v) is 3.20. The van der Waals surface area contributed by atoms with Crippen LogP contribution in [-0.2, 0) is 4.79 Å². The summed E-state index contributed by atoms with van der Waals surface area (Å²) in [5.74, 6) is 0.944. The van der Waals surface area contributed by atoms with Gasteiger partial charge in [0, 0.05) is 11.3 Å². The second-order valence-corrected chi connectivity index (χ2v) is 7.42. The van der Waals surface area contributed by atoms with Crippen LogP contribution in [0.15, 0.2) is 71.1 Å². The first-order valence-corrected chi connectivity index (χ1v) is 10.2. The average Bonchev–Trinajstić information content (AvgIpc) is 3.21. The Morgan fingerprint density at radius 3 is 2.55 bits per heavy atom. The van der Waals surface area contributed by atoms with Crippen molar-refractivity contribution in [3.63, 3.8) is 0 Å². The molecule has 0 saturated carbocycles. The van der Waals surface area contributed by atoms with Gasteiger partial charge in [-0.15, -0.1) is 0 Å². The molecule has 31 heavy (non-hydrogen) atoms. The molecule has 0 spiro atoms. The van der Waals surface area contributed by atoms with Crippen LogP contribution in [0.2, 0.25) is 0 Å². The van der Waals surface area contributed by atoms with Crippen LogP contribution < -0.4 is 10.1 Å². The number of rotatable bonds is 7. The minimum absolute atomic E-state index is 0.0969. The number of aromatic nitrogens is 1. The molecule has 1 amide bonds. The number of fused-ring (bicyclic) bond motifs is 1. The van der Waals surface area contributed by atoms with Gasteiger partial charge in [-0.25, -0.2) is 9.37 Å². The van der Waals surface area contributed by atoms with E-state index in [4.69, 9.17) is 9.15 Å². The van der Waals surface area contributed by atoms with Crippen molar-refractivity contribution in [2.45, 2.75) is 26.2 Å². The highest BCUT2D eigenvalue weighted by molar-refractivity contribution is 5.94. The number of halogens is 1. The first kappa shape index (κ1) is 20.6. The van der Waals surface area contributed by atoms with Crippen molar-refractivity contribution in [2.75, 3.05) is 11.9 Å². The molecule has 0 unspecified atom stereocenters. The zero-order chi connectivity index (χ0) is 21.8. The minimum Gasteiger partial charge on any atom is -0.484 e. The third-order valence-electron chi connectivity index (χ3n) is 5.19. The Morgan fingerprint density at radius 2 is 1.84 bits per heavy atom. The number of nitrogens with one attached hydrogen (secondary N) is 1. The summed E-state index contributed by atoms with van der Waals surface area (Å²) in [5, 5.41) is 2.80. The van der Waals surface area contributed by atoms with E-state index in [1.54, 1.807) is 30.3 Å². The lowest BCUT2D eigenvalue weighted by atomic mass is 9.99. The lowest BCUT2D eigenvalue weighted by Gasteiger charge is -2.11. The van der Waals surface area contributed by atoms with E-state index < -0.39 is 0 Å². The zero-order valence-corrected chi connectivity index (χ0v) is 17.4. The van der Waals surface area contributed by atoms with E-state index in [-0.39, 0.29) is 18.3 Å². The van der Waals surface area contributed by atoms with Gasteiger partial charge < -0.3 is 14.5 Å². The number of anilines is 1. The van der Waals surface area contributed by atoms with Gasteiger partial charge in [0.25, 0.3) is 5.91 Å². The Bertz CT molecular complexity index is 1180. The molecule has 0 aliphatic rings. The van der Waals surface area contributed by atoms with E-state index in [9.17, 15) is 9.18 Å². The van der Waals surface area contributed by atoms with Crippen molar-refractivity contribution < 1.29 is 18.3 Å². The van der Waals surface area contributed by atoms with Gasteiger partial charge in [-0.1, -0.05) is 26.0 Å². The van der Waals surface area contributed by atoms with Crippen LogP contribution >= 0.6 is 0 Å². The van der Waals surface area contributed by atoms with Crippen LogP contribution in [0.4, 0.5) is 10.1 Å². The van der Waals surface area contributed by atoms with Gasteiger partial charge >= 0.3 is 0 Å². The highest BCUT2D eigenvalue weighted by Gasteiger charge is 2.11. The van der Waals surface area contributed by atoms with Crippen LogP contribution in [0.3, 0.4) is 0 Å². The molecule has 4 aromatic rings. The Hall–Kier alpha value is -3.67. The topological polar surface area (TPSA) is 64.4 Å². The Morgan fingerprint density at radius 1 is 1.10 bits per heavy atom. The number of benzene rings is 3. The second kappa shape index (κ2) is 9.00. The molecule has 4 rings (SSSR count). The molecule has 1 N–H and O–H groups in total. The molecule has 0 fully saturated rings. The lowest BCUT2D eigenvalue weighted by molar-refractivity contribution is -0.118. The molecule has 0 radical (unpaired) electrons. The molecular formula is C25H23FN2O3. The van der Waals surface area contributed by atoms with Gasteiger partial charge in [0.15, 0.2) is 12.2 Å². The molecule has 6 heteroatoms. The SMILES string of the molecule is CC[C@@H](C)c1ccc(OCC(=O)Nc2ccc3oc(-c4ccc(F)cc4)nc3c2)cc1. The van der Waals surface area contributed by atoms with Gasteiger partial charge in [0.1, 0.15) is 17.1 Å². The summed E-state index contributed by atoms with van der Waals surface area (Å²) in [6, 6.07) is 18.9. The molecule has 3 aromatic carbocycles. The lowest BCUT2D eigenvalue weighted by Crippen LogP contribution is -2.20. The molecule has 1 heterocycles. The molecule has 0 saturated heterocycles. The predicted octanol–water partition coefficient (Wildman–Crippen LogP) is 6.16. The maximum atomic E-state index is 13.1. The van der Waals surface area contributed by atoms with E-state index in [0.29, 0.717) is 39.9 Å². The normalized spacial score (nSPS) is 12.0. The summed E-state index contributed by atoms with van der Waals surface area (Å²) in [7, 11) is 0. The fourth-order valence-electron chi connectivity index (χ4n) is 3.20. The van der Waals surface area contributed by atoms with Gasteiger partial charge in [0.2, 0.25) is 5.89 Å². The number of carbonyl (C=O) groups excluding carboxylic acids is 1. The first-order chi connectivity index (χ1) is 15.0. The monoisotopic (exact) mass is 418 g/mol. The summed E-state index contributed by atoms with van der Waals surface area (Å²) in [5.41, 5.74) is 3.69. The highest BCUT2D eigenvalue weighted by atomic mass is 19.1. The standard InChI is InChI=1S/C25H23FN2O3/c1-3-16(2)17-6-11-21(12-7-17)30-15-24(29)27-20-10-13-23-22(14-20)28-25(31-23)18-4-8-19(26)9-5-18/h4-14,16H,3,15H2,1-2H3,(H,27,29)/t16-/m1/s1. The third kappa shape index (κ3) is 4.91. The van der Waals surface area contributed by atoms with E-state index in [1.165, 1.54) is 17.7 Å². The van der Waals surface area contributed by atoms with Crippen LogP contribution in [0.1, 0.15) is 31.7 Å². The smallest absolute Gasteiger partial charge is 0.262 e. The second-order valence-electron chi connectivity index (χ2n) is 7.42. The molecular weight excluding hydrogens is 395 g/mol. The largest absolute Gasteiger partial charge is 0.484 e. The maximum absolute atomic E-state index is 13.1. The minimum atomic E-state index is -0.321. The van der Waals surface area contributed by atoms with Crippen molar-refractivity contribution in [3.05, 3.63) is 78.1 Å². The molecule has 5 nitrogen and oxygen atoms in total. The number of carbonyl (C=O) groups is 1. The van der Waals surface area contributed by atoms with Crippen LogP contribution in [0.5, 0.6) is 5.75 Å². The molecule has 158 valence electrons. The Kier molecular flexibility index (Phi) is 5.98. The van der Waals surface area contributed by atoms with Crippen molar-refractivity contribution in [2.24, 2.45) is 0 Å². The number of ether oxygens (including phenoxy) is 1. The van der Waals surface area contributed by atoms with Crippen LogP contribution in [0.25, 0.3) is 22.6 Å². The third-order valence-corrected chi connectivity index (χ3v) is 5.19. The Balaban J connectivity index is 1.38. The molecule has 0 bridgehead atoms. The van der Waals surface area contributed by atoms with Gasteiger partial charge in [-0.3, -0.25) is 4.79 Å². The number of nitrogens with zero attached hydrogens (tertiary/aromatic N) is 1. The molecule has 1 aromatic heterocycles. The Labute approximate surface area is 179 Å². The predicted molar refractivity (Wildman–Crippen MR) is 119 cm³/mol. The zero-order valence-electron chi connectivity index (χ0n) is 17.4. The van der Waals surface area contributed by atoms with Crippen molar-refractivity contribution in [1.82, 2.24) is 4.98 Å². The molecule has 0 aliphatic carbocycles. The van der Waals surface area contributed by atoms with E-state index in [1.807, 2.05) is 24.3 Å². The summed E-state index contributed by atoms with van der Waals surface area (Å²) < 4.78 is 24.4. The molecule has 1 atom stereocenters. The number of hydrogen-bond acceptors (Lipinski definition) is 4. The van der Waals surface area contributed by atoms with Crippen LogP contribution in [0, 0.1) is 5.82 Å². The van der Waals surface area contributed by atoms with Gasteiger partial charge in [0.05, 0.1) is 0 Å².